The van der Waals surface area contributed by atoms with Crippen LogP contribution in [0.4, 0.5) is 16.4 Å². The zero-order chi connectivity index (χ0) is 20.9. The molecule has 2 heterocycles. The summed E-state index contributed by atoms with van der Waals surface area (Å²) in [5.41, 5.74) is 0.943. The van der Waals surface area contributed by atoms with E-state index in [1.165, 1.54) is 6.26 Å². The minimum Gasteiger partial charge on any atom is -0.459 e. The summed E-state index contributed by atoms with van der Waals surface area (Å²) in [6.07, 6.45) is 1.93. The Hall–Kier alpha value is -3.11. The maximum absolute atomic E-state index is 12.4. The van der Waals surface area contributed by atoms with Crippen molar-refractivity contribution in [1.29, 1.82) is 0 Å². The fraction of sp³-hybridized carbons (Fsp3) is 0.158. The Morgan fingerprint density at radius 1 is 0.966 bits per heavy atom. The van der Waals surface area contributed by atoms with Gasteiger partial charge in [-0.05, 0) is 55.0 Å². The molecule has 2 amide bonds. The Kier molecular flexibility index (Phi) is 6.35. The SMILES string of the molecule is CCCS(=O)(=O)Nc1ccc(NC(=O)c2ccc(NC(=O)c3ccco3)s2)cc1. The highest BCUT2D eigenvalue weighted by molar-refractivity contribution is 7.92. The average Bonchev–Trinajstić information content (AvgIpc) is 3.35. The van der Waals surface area contributed by atoms with Crippen molar-refractivity contribution in [3.63, 3.8) is 0 Å². The number of thiophene rings is 1. The third-order valence-corrected chi connectivity index (χ3v) is 6.19. The molecule has 3 N–H and O–H groups in total. The van der Waals surface area contributed by atoms with Crippen LogP contribution in [0, 0.1) is 0 Å². The molecule has 0 saturated heterocycles. The molecule has 0 fully saturated rings. The van der Waals surface area contributed by atoms with E-state index in [1.807, 2.05) is 0 Å². The zero-order valence-electron chi connectivity index (χ0n) is 15.5. The second-order valence-electron chi connectivity index (χ2n) is 6.05. The molecule has 0 saturated carbocycles. The number of anilines is 3. The quantitative estimate of drug-likeness (QED) is 0.496. The Balaban J connectivity index is 1.59. The molecule has 0 radical (unpaired) electrons. The Bertz CT molecular complexity index is 1090. The van der Waals surface area contributed by atoms with Crippen LogP contribution >= 0.6 is 11.3 Å². The van der Waals surface area contributed by atoms with Gasteiger partial charge in [0.25, 0.3) is 11.8 Å². The summed E-state index contributed by atoms with van der Waals surface area (Å²) in [5.74, 6) is -0.514. The van der Waals surface area contributed by atoms with Crippen molar-refractivity contribution < 1.29 is 22.4 Å². The maximum Gasteiger partial charge on any atom is 0.291 e. The second-order valence-corrected chi connectivity index (χ2v) is 8.97. The lowest BCUT2D eigenvalue weighted by molar-refractivity contribution is 0.0995. The van der Waals surface area contributed by atoms with E-state index in [0.29, 0.717) is 27.7 Å². The molecule has 29 heavy (non-hydrogen) atoms. The van der Waals surface area contributed by atoms with Crippen molar-refractivity contribution in [2.45, 2.75) is 13.3 Å². The molecule has 0 bridgehead atoms. The minimum absolute atomic E-state index is 0.0443. The Morgan fingerprint density at radius 2 is 1.69 bits per heavy atom. The highest BCUT2D eigenvalue weighted by Gasteiger charge is 2.14. The van der Waals surface area contributed by atoms with Crippen LogP contribution in [0.2, 0.25) is 0 Å². The summed E-state index contributed by atoms with van der Waals surface area (Å²) < 4.78 is 31.1. The number of carbonyl (C=O) groups excluding carboxylic acids is 2. The van der Waals surface area contributed by atoms with Crippen LogP contribution in [0.1, 0.15) is 33.6 Å². The fourth-order valence-corrected chi connectivity index (χ4v) is 4.35. The lowest BCUT2D eigenvalue weighted by Gasteiger charge is -2.08. The van der Waals surface area contributed by atoms with E-state index in [0.717, 1.165) is 11.3 Å². The van der Waals surface area contributed by atoms with E-state index in [4.69, 9.17) is 4.42 Å². The molecule has 10 heteroatoms. The number of amides is 2. The summed E-state index contributed by atoms with van der Waals surface area (Å²) in [6.45, 7) is 1.79. The number of furan rings is 1. The van der Waals surface area contributed by atoms with Crippen molar-refractivity contribution in [3.8, 4) is 0 Å². The lowest BCUT2D eigenvalue weighted by atomic mass is 10.3. The second kappa shape index (κ2) is 8.93. The van der Waals surface area contributed by atoms with E-state index in [9.17, 15) is 18.0 Å². The third kappa shape index (κ3) is 5.69. The number of nitrogens with one attached hydrogen (secondary N) is 3. The highest BCUT2D eigenvalue weighted by Crippen LogP contribution is 2.24. The van der Waals surface area contributed by atoms with Crippen LogP contribution in [0.15, 0.2) is 59.2 Å². The lowest BCUT2D eigenvalue weighted by Crippen LogP contribution is -2.16. The van der Waals surface area contributed by atoms with Crippen LogP contribution in [0.25, 0.3) is 0 Å². The molecular weight excluding hydrogens is 414 g/mol. The first kappa shape index (κ1) is 20.6. The van der Waals surface area contributed by atoms with Gasteiger partial charge in [0, 0.05) is 11.4 Å². The van der Waals surface area contributed by atoms with Crippen LogP contribution in [-0.2, 0) is 10.0 Å². The van der Waals surface area contributed by atoms with Gasteiger partial charge in [-0.15, -0.1) is 11.3 Å². The molecule has 1 aromatic carbocycles. The molecule has 3 rings (SSSR count). The first-order valence-corrected chi connectivity index (χ1v) is 11.2. The minimum atomic E-state index is -3.36. The van der Waals surface area contributed by atoms with Gasteiger partial charge in [-0.3, -0.25) is 14.3 Å². The van der Waals surface area contributed by atoms with E-state index in [1.54, 1.807) is 55.5 Å². The average molecular weight is 434 g/mol. The maximum atomic E-state index is 12.4. The summed E-state index contributed by atoms with van der Waals surface area (Å²) in [4.78, 5) is 24.8. The first-order chi connectivity index (χ1) is 13.9. The largest absolute Gasteiger partial charge is 0.459 e. The number of rotatable bonds is 8. The molecular formula is C19H19N3O5S2. The molecule has 3 aromatic rings. The first-order valence-electron chi connectivity index (χ1n) is 8.73. The standard InChI is InChI=1S/C19H19N3O5S2/c1-2-12-29(25,26)22-14-7-5-13(6-8-14)20-19(24)16-9-10-17(28-16)21-18(23)15-4-3-11-27-15/h3-11,22H,2,12H2,1H3,(H,20,24)(H,21,23). The number of hydrogen-bond donors (Lipinski definition) is 3. The Morgan fingerprint density at radius 3 is 2.34 bits per heavy atom. The molecule has 0 atom stereocenters. The predicted molar refractivity (Wildman–Crippen MR) is 113 cm³/mol. The molecule has 0 unspecified atom stereocenters. The summed E-state index contributed by atoms with van der Waals surface area (Å²) in [5, 5.41) is 5.91. The number of hydrogen-bond acceptors (Lipinski definition) is 6. The number of benzene rings is 1. The third-order valence-electron chi connectivity index (χ3n) is 3.70. The van der Waals surface area contributed by atoms with Crippen molar-refractivity contribution in [2.24, 2.45) is 0 Å². The molecule has 0 aliphatic heterocycles. The predicted octanol–water partition coefficient (Wildman–Crippen LogP) is 4.00. The molecule has 0 aliphatic rings. The fourth-order valence-electron chi connectivity index (χ4n) is 2.42. The van der Waals surface area contributed by atoms with Gasteiger partial charge in [0.2, 0.25) is 10.0 Å². The summed E-state index contributed by atoms with van der Waals surface area (Å²) >= 11 is 1.13. The smallest absolute Gasteiger partial charge is 0.291 e. The van der Waals surface area contributed by atoms with E-state index < -0.39 is 15.9 Å². The van der Waals surface area contributed by atoms with Gasteiger partial charge in [-0.2, -0.15) is 0 Å². The monoisotopic (exact) mass is 433 g/mol. The normalized spacial score (nSPS) is 11.1. The van der Waals surface area contributed by atoms with Gasteiger partial charge in [0.05, 0.1) is 21.9 Å². The summed E-state index contributed by atoms with van der Waals surface area (Å²) in [7, 11) is -3.36. The van der Waals surface area contributed by atoms with Crippen molar-refractivity contribution in [2.75, 3.05) is 21.1 Å². The number of carbonyl (C=O) groups is 2. The van der Waals surface area contributed by atoms with Crippen molar-refractivity contribution in [3.05, 3.63) is 65.4 Å². The van der Waals surface area contributed by atoms with Crippen LogP contribution in [-0.4, -0.2) is 26.0 Å². The Labute approximate surface area is 172 Å². The molecule has 152 valence electrons. The van der Waals surface area contributed by atoms with Gasteiger partial charge >= 0.3 is 0 Å². The molecule has 0 aliphatic carbocycles. The number of sulfonamides is 1. The van der Waals surface area contributed by atoms with E-state index >= 15 is 0 Å². The van der Waals surface area contributed by atoms with Crippen molar-refractivity contribution in [1.82, 2.24) is 0 Å². The van der Waals surface area contributed by atoms with Crippen LogP contribution in [0.5, 0.6) is 0 Å². The van der Waals surface area contributed by atoms with E-state index in [-0.39, 0.29) is 17.4 Å². The topological polar surface area (TPSA) is 118 Å². The van der Waals surface area contributed by atoms with Gasteiger partial charge in [0.15, 0.2) is 5.76 Å². The highest BCUT2D eigenvalue weighted by atomic mass is 32.2. The molecule has 2 aromatic heterocycles. The van der Waals surface area contributed by atoms with Gasteiger partial charge < -0.3 is 15.1 Å². The molecule has 8 nitrogen and oxygen atoms in total. The summed E-state index contributed by atoms with van der Waals surface area (Å²) in [6, 6.07) is 12.8. The molecule has 0 spiro atoms. The van der Waals surface area contributed by atoms with E-state index in [2.05, 4.69) is 15.4 Å². The van der Waals surface area contributed by atoms with Crippen LogP contribution in [0.3, 0.4) is 0 Å². The van der Waals surface area contributed by atoms with Crippen molar-refractivity contribution >= 4 is 49.6 Å². The van der Waals surface area contributed by atoms with Gasteiger partial charge in [0.1, 0.15) is 0 Å². The van der Waals surface area contributed by atoms with Gasteiger partial charge in [-0.25, -0.2) is 8.42 Å². The van der Waals surface area contributed by atoms with Gasteiger partial charge in [-0.1, -0.05) is 6.92 Å². The zero-order valence-corrected chi connectivity index (χ0v) is 17.1. The van der Waals surface area contributed by atoms with Crippen LogP contribution < -0.4 is 15.4 Å².